The van der Waals surface area contributed by atoms with Crippen LogP contribution in [-0.2, 0) is 18.0 Å². The summed E-state index contributed by atoms with van der Waals surface area (Å²) < 4.78 is 27.2. The van der Waals surface area contributed by atoms with E-state index in [4.69, 9.17) is 18.0 Å². The minimum atomic E-state index is -1.89. The first-order valence-corrected chi connectivity index (χ1v) is 30.2. The third kappa shape index (κ3) is 11.9. The Balaban J connectivity index is 1.70. The zero-order chi connectivity index (χ0) is 38.7. The summed E-state index contributed by atoms with van der Waals surface area (Å²) in [5.74, 6) is 1.18. The first kappa shape index (κ1) is 45.1. The van der Waals surface area contributed by atoms with Gasteiger partial charge in [0.25, 0.3) is 0 Å². The molecule has 0 heterocycles. The van der Waals surface area contributed by atoms with Crippen LogP contribution >= 0.6 is 0 Å². The smallest absolute Gasteiger partial charge is 0.192 e. The van der Waals surface area contributed by atoms with E-state index in [1.54, 1.807) is 5.57 Å². The first-order chi connectivity index (χ1) is 23.3. The van der Waals surface area contributed by atoms with Gasteiger partial charge in [-0.1, -0.05) is 92.2 Å². The summed E-state index contributed by atoms with van der Waals surface area (Å²) in [5, 5.41) is 0.399. The van der Waals surface area contributed by atoms with E-state index in [-0.39, 0.29) is 33.3 Å². The standard InChI is InChI=1S/C44H84O4Si3/c1-18-44(19-2,48-49(11,12)13)28-21-29-45-33-34(3)39-25-26-40-36(22-20-27-43(39,40)10)24-23-35-30-37(46-50(14,15)41(4,5)6)32-38(31-35)47-51(16,17)42(7,8)9/h23-24,37-40H,3,18-22,25-33H2,1-2,4-17H3/t37-,38-,39-,40+,43-/m1/s1. The molecule has 3 aliphatic rings. The Kier molecular flexibility index (Phi) is 15.2. The summed E-state index contributed by atoms with van der Waals surface area (Å²) in [6, 6.07) is 0. The summed E-state index contributed by atoms with van der Waals surface area (Å²) in [4.78, 5) is 0. The number of hydrogen-bond acceptors (Lipinski definition) is 4. The lowest BCUT2D eigenvalue weighted by molar-refractivity contribution is 0.0300. The van der Waals surface area contributed by atoms with Crippen molar-refractivity contribution < 1.29 is 18.0 Å². The van der Waals surface area contributed by atoms with Crippen molar-refractivity contribution in [2.24, 2.45) is 17.3 Å². The Morgan fingerprint density at radius 3 is 1.88 bits per heavy atom. The Morgan fingerprint density at radius 1 is 0.843 bits per heavy atom. The van der Waals surface area contributed by atoms with E-state index in [0.29, 0.717) is 18.4 Å². The molecule has 5 atom stereocenters. The van der Waals surface area contributed by atoms with Gasteiger partial charge in [-0.15, -0.1) is 0 Å². The largest absolute Gasteiger partial charge is 0.414 e. The van der Waals surface area contributed by atoms with Crippen LogP contribution in [0, 0.1) is 17.3 Å². The van der Waals surface area contributed by atoms with Crippen LogP contribution in [0.2, 0.25) is 55.9 Å². The maximum absolute atomic E-state index is 7.10. The van der Waals surface area contributed by atoms with Gasteiger partial charge >= 0.3 is 0 Å². The molecule has 0 radical (unpaired) electrons. The van der Waals surface area contributed by atoms with Gasteiger partial charge in [-0.2, -0.15) is 0 Å². The molecule has 0 N–H and O–H groups in total. The van der Waals surface area contributed by atoms with E-state index in [2.05, 4.69) is 127 Å². The maximum atomic E-state index is 7.10. The summed E-state index contributed by atoms with van der Waals surface area (Å²) in [6.07, 6.45) is 19.2. The maximum Gasteiger partial charge on any atom is 0.192 e. The molecule has 0 aromatic heterocycles. The van der Waals surface area contributed by atoms with Gasteiger partial charge in [-0.3, -0.25) is 0 Å². The Hall–Kier alpha value is -0.289. The molecule has 296 valence electrons. The van der Waals surface area contributed by atoms with Crippen molar-refractivity contribution in [2.45, 2.75) is 213 Å². The van der Waals surface area contributed by atoms with Gasteiger partial charge < -0.3 is 18.0 Å². The lowest BCUT2D eigenvalue weighted by Gasteiger charge is -2.45. The lowest BCUT2D eigenvalue weighted by Crippen LogP contribution is -2.48. The van der Waals surface area contributed by atoms with Gasteiger partial charge in [-0.05, 0) is 156 Å². The highest BCUT2D eigenvalue weighted by Crippen LogP contribution is 2.59. The zero-order valence-corrected chi connectivity index (χ0v) is 39.7. The predicted octanol–water partition coefficient (Wildman–Crippen LogP) is 13.8. The number of fused-ring (bicyclic) bond motifs is 1. The number of ether oxygens (including phenoxy) is 1. The average molecular weight is 761 g/mol. The van der Waals surface area contributed by atoms with Crippen molar-refractivity contribution in [3.05, 3.63) is 35.5 Å². The van der Waals surface area contributed by atoms with E-state index in [1.807, 2.05) is 0 Å². The number of hydrogen-bond donors (Lipinski definition) is 0. The molecule has 3 fully saturated rings. The van der Waals surface area contributed by atoms with Crippen LogP contribution in [0.25, 0.3) is 0 Å². The fraction of sp³-hybridized carbons (Fsp3) is 0.864. The minimum absolute atomic E-state index is 0.00606. The molecule has 3 saturated carbocycles. The van der Waals surface area contributed by atoms with Crippen LogP contribution in [-0.4, -0.2) is 56.0 Å². The fourth-order valence-corrected chi connectivity index (χ4v) is 13.4. The van der Waals surface area contributed by atoms with Crippen LogP contribution in [0.4, 0.5) is 0 Å². The topological polar surface area (TPSA) is 36.9 Å². The Bertz CT molecular complexity index is 1170. The van der Waals surface area contributed by atoms with E-state index in [1.165, 1.54) is 43.3 Å². The second-order valence-corrected chi connectivity index (χ2v) is 35.1. The molecule has 0 spiro atoms. The molecule has 0 aromatic carbocycles. The van der Waals surface area contributed by atoms with Crippen LogP contribution in [0.3, 0.4) is 0 Å². The summed E-state index contributed by atoms with van der Waals surface area (Å²) >= 11 is 0. The summed E-state index contributed by atoms with van der Waals surface area (Å²) in [7, 11) is -5.38. The van der Waals surface area contributed by atoms with Gasteiger partial charge in [0, 0.05) is 6.61 Å². The highest BCUT2D eigenvalue weighted by Gasteiger charge is 2.50. The molecule has 51 heavy (non-hydrogen) atoms. The summed E-state index contributed by atoms with van der Waals surface area (Å²) in [5.41, 5.74) is 4.79. The predicted molar refractivity (Wildman–Crippen MR) is 229 cm³/mol. The molecule has 3 aliphatic carbocycles. The Morgan fingerprint density at radius 2 is 1.39 bits per heavy atom. The van der Waals surface area contributed by atoms with Crippen LogP contribution in [0.1, 0.15) is 139 Å². The first-order valence-electron chi connectivity index (χ1n) is 21.0. The molecule has 7 heteroatoms. The molecule has 0 aliphatic heterocycles. The molecular weight excluding hydrogens is 677 g/mol. The normalized spacial score (nSPS) is 27.9. The van der Waals surface area contributed by atoms with Gasteiger partial charge in [0.2, 0.25) is 0 Å². The van der Waals surface area contributed by atoms with Crippen molar-refractivity contribution in [2.75, 3.05) is 13.2 Å². The highest BCUT2D eigenvalue weighted by atomic mass is 28.4. The van der Waals surface area contributed by atoms with Crippen molar-refractivity contribution in [1.82, 2.24) is 0 Å². The second kappa shape index (κ2) is 17.2. The summed E-state index contributed by atoms with van der Waals surface area (Å²) in [6.45, 7) is 44.0. The number of rotatable bonds is 16. The molecule has 4 nitrogen and oxygen atoms in total. The third-order valence-electron chi connectivity index (χ3n) is 14.1. The quantitative estimate of drug-likeness (QED) is 0.0892. The van der Waals surface area contributed by atoms with Crippen LogP contribution < -0.4 is 0 Å². The minimum Gasteiger partial charge on any atom is -0.414 e. The molecule has 0 saturated heterocycles. The third-order valence-corrected chi connectivity index (χ3v) is 24.2. The van der Waals surface area contributed by atoms with Crippen LogP contribution in [0.15, 0.2) is 35.5 Å². The highest BCUT2D eigenvalue weighted by molar-refractivity contribution is 6.74. The molecule has 3 rings (SSSR count). The average Bonchev–Trinajstić information content (AvgIpc) is 3.34. The van der Waals surface area contributed by atoms with Gasteiger partial charge in [0.1, 0.15) is 0 Å². The van der Waals surface area contributed by atoms with Crippen molar-refractivity contribution in [3.63, 3.8) is 0 Å². The molecule has 0 aromatic rings. The zero-order valence-electron chi connectivity index (χ0n) is 36.7. The molecule has 0 unspecified atom stereocenters. The second-order valence-electron chi connectivity index (χ2n) is 21.2. The SMILES string of the molecule is C=C(COCCCC(CC)(CC)O[Si](C)(C)C)[C@H]1CC[C@H]2C(=CC=C3C[C@@H](O[Si](C)(C)C(C)(C)C)C[C@H](O[Si](C)(C)C(C)(C)C)C3)CCC[C@]12C. The molecule has 0 amide bonds. The van der Waals surface area contributed by atoms with E-state index < -0.39 is 25.0 Å². The van der Waals surface area contributed by atoms with Crippen LogP contribution in [0.5, 0.6) is 0 Å². The molecule has 0 bridgehead atoms. The van der Waals surface area contributed by atoms with E-state index in [9.17, 15) is 0 Å². The van der Waals surface area contributed by atoms with E-state index in [0.717, 1.165) is 51.6 Å². The molecular formula is C44H84O4Si3. The van der Waals surface area contributed by atoms with Gasteiger partial charge in [0.15, 0.2) is 25.0 Å². The van der Waals surface area contributed by atoms with Crippen molar-refractivity contribution >= 4 is 25.0 Å². The Labute approximate surface area is 320 Å². The van der Waals surface area contributed by atoms with Crippen molar-refractivity contribution in [3.8, 4) is 0 Å². The van der Waals surface area contributed by atoms with Crippen molar-refractivity contribution in [1.29, 1.82) is 0 Å². The van der Waals surface area contributed by atoms with E-state index >= 15 is 0 Å². The monoisotopic (exact) mass is 761 g/mol. The number of allylic oxidation sites excluding steroid dienone is 3. The fourth-order valence-electron chi connectivity index (χ4n) is 9.01. The lowest BCUT2D eigenvalue weighted by atomic mass is 9.62. The van der Waals surface area contributed by atoms with Gasteiger partial charge in [-0.25, -0.2) is 0 Å². The van der Waals surface area contributed by atoms with Gasteiger partial charge in [0.05, 0.1) is 24.4 Å².